The number of ether oxygens (including phenoxy) is 4. The molecule has 0 saturated heterocycles. The molecule has 0 fully saturated rings. The van der Waals surface area contributed by atoms with Crippen molar-refractivity contribution >= 4 is 12.0 Å². The van der Waals surface area contributed by atoms with Crippen LogP contribution in [0.1, 0.15) is 25.5 Å². The fourth-order valence-electron chi connectivity index (χ4n) is 2.68. The summed E-state index contributed by atoms with van der Waals surface area (Å²) in [6.07, 6.45) is 0. The second kappa shape index (κ2) is 9.10. The number of allylic oxidation sites excluding steroid dienone is 1. The normalized spacial score (nSPS) is 16.6. The number of amides is 2. The van der Waals surface area contributed by atoms with Gasteiger partial charge in [0.2, 0.25) is 0 Å². The van der Waals surface area contributed by atoms with Crippen molar-refractivity contribution in [1.82, 2.24) is 10.6 Å². The minimum atomic E-state index is -0.728. The van der Waals surface area contributed by atoms with E-state index in [0.29, 0.717) is 41.5 Å². The van der Waals surface area contributed by atoms with Gasteiger partial charge in [-0.3, -0.25) is 0 Å². The summed E-state index contributed by atoms with van der Waals surface area (Å²) in [4.78, 5) is 24.6. The van der Waals surface area contributed by atoms with E-state index < -0.39 is 18.0 Å². The number of rotatable bonds is 8. The van der Waals surface area contributed by atoms with Gasteiger partial charge in [0.05, 0.1) is 32.4 Å². The van der Waals surface area contributed by atoms with Crippen LogP contribution < -0.4 is 20.1 Å². The third-order valence-electron chi connectivity index (χ3n) is 3.90. The SMILES string of the molecule is CCOCCOC(=O)C1=C(C)NC(=O)N[C@H]1c1cc(OC)ccc1OC. The van der Waals surface area contributed by atoms with E-state index in [1.165, 1.54) is 14.2 Å². The lowest BCUT2D eigenvalue weighted by Gasteiger charge is -2.29. The number of benzene rings is 1. The smallest absolute Gasteiger partial charge is 0.338 e. The maximum atomic E-state index is 12.6. The van der Waals surface area contributed by atoms with E-state index in [1.54, 1.807) is 25.1 Å². The molecule has 142 valence electrons. The molecule has 1 aromatic carbocycles. The maximum absolute atomic E-state index is 12.6. The lowest BCUT2D eigenvalue weighted by molar-refractivity contribution is -0.141. The summed E-state index contributed by atoms with van der Waals surface area (Å²) in [6, 6.07) is 4.03. The molecule has 0 spiro atoms. The highest BCUT2D eigenvalue weighted by atomic mass is 16.6. The third kappa shape index (κ3) is 4.45. The van der Waals surface area contributed by atoms with E-state index in [1.807, 2.05) is 6.92 Å². The van der Waals surface area contributed by atoms with Crippen molar-refractivity contribution in [2.45, 2.75) is 19.9 Å². The first-order chi connectivity index (χ1) is 12.5. The molecule has 0 aromatic heterocycles. The summed E-state index contributed by atoms with van der Waals surface area (Å²) >= 11 is 0. The standard InChI is InChI=1S/C18H24N2O6/c1-5-25-8-9-26-17(21)15-11(2)19-18(22)20-16(15)13-10-12(23-3)6-7-14(13)24-4/h6-7,10,16H,5,8-9H2,1-4H3,(H2,19,20,22)/t16-/m0/s1. The fraction of sp³-hybridized carbons (Fsp3) is 0.444. The zero-order valence-electron chi connectivity index (χ0n) is 15.4. The molecule has 1 aromatic rings. The van der Waals surface area contributed by atoms with Gasteiger partial charge in [-0.1, -0.05) is 0 Å². The van der Waals surface area contributed by atoms with Crippen molar-refractivity contribution in [1.29, 1.82) is 0 Å². The summed E-state index contributed by atoms with van der Waals surface area (Å²) < 4.78 is 21.1. The largest absolute Gasteiger partial charge is 0.497 e. The Balaban J connectivity index is 2.36. The molecule has 0 radical (unpaired) electrons. The van der Waals surface area contributed by atoms with Crippen molar-refractivity contribution in [2.75, 3.05) is 34.0 Å². The van der Waals surface area contributed by atoms with Crippen LogP contribution in [0.2, 0.25) is 0 Å². The molecule has 8 nitrogen and oxygen atoms in total. The van der Waals surface area contributed by atoms with Crippen molar-refractivity contribution in [3.63, 3.8) is 0 Å². The molecule has 1 aliphatic rings. The van der Waals surface area contributed by atoms with Crippen LogP contribution in [0, 0.1) is 0 Å². The number of hydrogen-bond donors (Lipinski definition) is 2. The first kappa shape index (κ1) is 19.6. The van der Waals surface area contributed by atoms with Gasteiger partial charge in [0.25, 0.3) is 0 Å². The van der Waals surface area contributed by atoms with Crippen molar-refractivity contribution in [2.24, 2.45) is 0 Å². The average Bonchev–Trinajstić information content (AvgIpc) is 2.63. The van der Waals surface area contributed by atoms with E-state index >= 15 is 0 Å². The molecule has 1 heterocycles. The van der Waals surface area contributed by atoms with Crippen molar-refractivity contribution in [3.05, 3.63) is 35.0 Å². The van der Waals surface area contributed by atoms with Gasteiger partial charge in [-0.2, -0.15) is 0 Å². The quantitative estimate of drug-likeness (QED) is 0.540. The molecule has 0 aliphatic carbocycles. The highest BCUT2D eigenvalue weighted by Gasteiger charge is 2.34. The predicted octanol–water partition coefficient (Wildman–Crippen LogP) is 1.91. The number of methoxy groups -OCH3 is 2. The first-order valence-corrected chi connectivity index (χ1v) is 8.26. The fourth-order valence-corrected chi connectivity index (χ4v) is 2.68. The Bertz CT molecular complexity index is 701. The monoisotopic (exact) mass is 364 g/mol. The molecule has 1 atom stereocenters. The third-order valence-corrected chi connectivity index (χ3v) is 3.90. The van der Waals surface area contributed by atoms with Gasteiger partial charge in [-0.15, -0.1) is 0 Å². The van der Waals surface area contributed by atoms with Gasteiger partial charge < -0.3 is 29.6 Å². The molecule has 0 saturated carbocycles. The maximum Gasteiger partial charge on any atom is 0.338 e. The molecule has 26 heavy (non-hydrogen) atoms. The van der Waals surface area contributed by atoms with Crippen LogP contribution in [0.4, 0.5) is 4.79 Å². The van der Waals surface area contributed by atoms with Gasteiger partial charge in [0, 0.05) is 17.9 Å². The summed E-state index contributed by atoms with van der Waals surface area (Å²) in [5.41, 5.74) is 1.32. The van der Waals surface area contributed by atoms with Crippen molar-refractivity contribution in [3.8, 4) is 11.5 Å². The molecule has 0 bridgehead atoms. The lowest BCUT2D eigenvalue weighted by atomic mass is 9.94. The number of carbonyl (C=O) groups is 2. The number of urea groups is 1. The predicted molar refractivity (Wildman–Crippen MR) is 94.1 cm³/mol. The molecule has 0 unspecified atom stereocenters. The zero-order chi connectivity index (χ0) is 19.1. The number of carbonyl (C=O) groups excluding carboxylic acids is 2. The summed E-state index contributed by atoms with van der Waals surface area (Å²) in [5, 5.41) is 5.35. The molecular weight excluding hydrogens is 340 g/mol. The first-order valence-electron chi connectivity index (χ1n) is 8.26. The molecule has 8 heteroatoms. The number of hydrogen-bond acceptors (Lipinski definition) is 6. The van der Waals surface area contributed by atoms with E-state index in [0.717, 1.165) is 0 Å². The Hall–Kier alpha value is -2.74. The van der Waals surface area contributed by atoms with Gasteiger partial charge in [0.1, 0.15) is 18.1 Å². The Morgan fingerprint density at radius 2 is 1.96 bits per heavy atom. The molecule has 2 amide bonds. The van der Waals surface area contributed by atoms with Gasteiger partial charge in [-0.05, 0) is 32.0 Å². The number of esters is 1. The van der Waals surface area contributed by atoms with Crippen LogP contribution in [0.3, 0.4) is 0 Å². The van der Waals surface area contributed by atoms with Crippen LogP contribution >= 0.6 is 0 Å². The molecule has 2 rings (SSSR count). The Morgan fingerprint density at radius 1 is 1.19 bits per heavy atom. The van der Waals surface area contributed by atoms with E-state index in [9.17, 15) is 9.59 Å². The Kier molecular flexibility index (Phi) is 6.85. The van der Waals surface area contributed by atoms with Crippen LogP contribution in [0.25, 0.3) is 0 Å². The Labute approximate surface area is 152 Å². The zero-order valence-corrected chi connectivity index (χ0v) is 15.4. The van der Waals surface area contributed by atoms with Gasteiger partial charge in [-0.25, -0.2) is 9.59 Å². The van der Waals surface area contributed by atoms with E-state index in [-0.39, 0.29) is 6.61 Å². The molecule has 1 aliphatic heterocycles. The minimum Gasteiger partial charge on any atom is -0.497 e. The molecule has 2 N–H and O–H groups in total. The minimum absolute atomic E-state index is 0.124. The van der Waals surface area contributed by atoms with E-state index in [2.05, 4.69) is 10.6 Å². The van der Waals surface area contributed by atoms with E-state index in [4.69, 9.17) is 18.9 Å². The summed E-state index contributed by atoms with van der Waals surface area (Å²) in [5.74, 6) is 0.560. The van der Waals surface area contributed by atoms with Gasteiger partial charge in [0.15, 0.2) is 0 Å². The summed E-state index contributed by atoms with van der Waals surface area (Å²) in [7, 11) is 3.06. The Morgan fingerprint density at radius 3 is 2.62 bits per heavy atom. The second-order valence-corrected chi connectivity index (χ2v) is 5.51. The molecular formula is C18H24N2O6. The van der Waals surface area contributed by atoms with Crippen LogP contribution in [-0.2, 0) is 14.3 Å². The highest BCUT2D eigenvalue weighted by molar-refractivity contribution is 5.95. The average molecular weight is 364 g/mol. The number of nitrogens with one attached hydrogen (secondary N) is 2. The van der Waals surface area contributed by atoms with Crippen molar-refractivity contribution < 1.29 is 28.5 Å². The second-order valence-electron chi connectivity index (χ2n) is 5.51. The van der Waals surface area contributed by atoms with Gasteiger partial charge >= 0.3 is 12.0 Å². The lowest BCUT2D eigenvalue weighted by Crippen LogP contribution is -2.45. The summed E-state index contributed by atoms with van der Waals surface area (Å²) in [6.45, 7) is 4.49. The van der Waals surface area contributed by atoms with Crippen LogP contribution in [0.15, 0.2) is 29.5 Å². The van der Waals surface area contributed by atoms with Crippen LogP contribution in [-0.4, -0.2) is 46.0 Å². The topological polar surface area (TPSA) is 95.1 Å². The highest BCUT2D eigenvalue weighted by Crippen LogP contribution is 2.35. The van der Waals surface area contributed by atoms with Crippen LogP contribution in [0.5, 0.6) is 11.5 Å².